The van der Waals surface area contributed by atoms with Crippen LogP contribution in [0, 0.1) is 0 Å². The van der Waals surface area contributed by atoms with E-state index in [2.05, 4.69) is 0 Å². The van der Waals surface area contributed by atoms with E-state index in [1.54, 1.807) is 0 Å². The van der Waals surface area contributed by atoms with Crippen molar-refractivity contribution in [2.45, 2.75) is 103 Å². The zero-order valence-electron chi connectivity index (χ0n) is 15.0. The fourth-order valence-electron chi connectivity index (χ4n) is 2.35. The molecule has 0 fully saturated rings. The van der Waals surface area contributed by atoms with E-state index in [0.717, 1.165) is 32.1 Å². The predicted octanol–water partition coefficient (Wildman–Crippen LogP) is 5.09. The number of unbranched alkanes of at least 4 members (excludes halogenated alkanes) is 9. The Balaban J connectivity index is 0. The Labute approximate surface area is 157 Å². The summed E-state index contributed by atoms with van der Waals surface area (Å²) in [7, 11) is 0. The number of carbonyl (C=O) groups is 2. The van der Waals surface area contributed by atoms with Crippen LogP contribution in [0.2, 0.25) is 0 Å². The minimum absolute atomic E-state index is 0. The monoisotopic (exact) mass is 421 g/mol. The average Bonchev–Trinajstić information content (AvgIpc) is 2.37. The van der Waals surface area contributed by atoms with E-state index in [9.17, 15) is 9.59 Å². The van der Waals surface area contributed by atoms with Crippen LogP contribution in [0.4, 0.5) is 0 Å². The van der Waals surface area contributed by atoms with Crippen molar-refractivity contribution in [2.24, 2.45) is 0 Å². The van der Waals surface area contributed by atoms with Gasteiger partial charge in [-0.1, -0.05) is 51.4 Å². The Morgan fingerprint density at radius 2 is 1.09 bits per heavy atom. The van der Waals surface area contributed by atoms with Gasteiger partial charge in [-0.2, -0.15) is 0 Å². The molecule has 0 saturated heterocycles. The molecular formula is C18H34AgO4. The van der Waals surface area contributed by atoms with E-state index >= 15 is 0 Å². The van der Waals surface area contributed by atoms with Crippen LogP contribution in [-0.2, 0) is 36.7 Å². The van der Waals surface area contributed by atoms with Crippen molar-refractivity contribution >= 4 is 11.9 Å². The van der Waals surface area contributed by atoms with Crippen molar-refractivity contribution in [3.8, 4) is 0 Å². The minimum Gasteiger partial charge on any atom is -0.481 e. The topological polar surface area (TPSA) is 63.6 Å². The van der Waals surface area contributed by atoms with E-state index < -0.39 is 5.97 Å². The molecule has 0 aliphatic rings. The van der Waals surface area contributed by atoms with Crippen LogP contribution >= 0.6 is 0 Å². The zero-order valence-corrected chi connectivity index (χ0v) is 16.4. The second kappa shape index (κ2) is 15.2. The van der Waals surface area contributed by atoms with Gasteiger partial charge in [-0.05, 0) is 33.6 Å². The standard InChI is InChI=1S/C18H34O4.Ag/c1-18(2,3)22-17(21)15-13-11-9-7-5-4-6-8-10-12-14-16(19)20;/h4-15H2,1-3H3,(H,19,20);. The van der Waals surface area contributed by atoms with Crippen LogP contribution < -0.4 is 0 Å². The van der Waals surface area contributed by atoms with Gasteiger partial charge in [-0.3, -0.25) is 9.59 Å². The SMILES string of the molecule is CC(C)(C)OC(=O)CCCCCCCCCCCCC(=O)O.[Ag]. The maximum absolute atomic E-state index is 11.5. The molecule has 0 saturated carbocycles. The molecule has 0 bridgehead atoms. The maximum Gasteiger partial charge on any atom is 0.306 e. The molecule has 4 nitrogen and oxygen atoms in total. The van der Waals surface area contributed by atoms with E-state index in [-0.39, 0.29) is 34.0 Å². The number of esters is 1. The van der Waals surface area contributed by atoms with Crippen LogP contribution in [-0.4, -0.2) is 22.6 Å². The number of rotatable bonds is 13. The molecule has 0 amide bonds. The van der Waals surface area contributed by atoms with Crippen molar-refractivity contribution < 1.29 is 41.8 Å². The van der Waals surface area contributed by atoms with Gasteiger partial charge in [0.1, 0.15) is 5.60 Å². The van der Waals surface area contributed by atoms with Gasteiger partial charge in [-0.15, -0.1) is 0 Å². The molecule has 0 aliphatic heterocycles. The molecule has 0 spiro atoms. The van der Waals surface area contributed by atoms with Crippen molar-refractivity contribution in [2.75, 3.05) is 0 Å². The largest absolute Gasteiger partial charge is 0.481 e. The first-order valence-corrected chi connectivity index (χ1v) is 8.75. The number of carboxylic acid groups (broad SMARTS) is 1. The molecule has 0 heterocycles. The van der Waals surface area contributed by atoms with Crippen LogP contribution in [0.25, 0.3) is 0 Å². The number of hydrogen-bond donors (Lipinski definition) is 1. The molecule has 0 atom stereocenters. The fourth-order valence-corrected chi connectivity index (χ4v) is 2.35. The molecule has 1 radical (unpaired) electrons. The molecule has 0 aliphatic carbocycles. The third-order valence-corrected chi connectivity index (χ3v) is 3.44. The van der Waals surface area contributed by atoms with E-state index in [1.165, 1.54) is 32.1 Å². The summed E-state index contributed by atoms with van der Waals surface area (Å²) in [5, 5.41) is 8.52. The molecule has 0 aromatic heterocycles. The van der Waals surface area contributed by atoms with E-state index in [0.29, 0.717) is 12.8 Å². The van der Waals surface area contributed by atoms with Gasteiger partial charge in [0.05, 0.1) is 0 Å². The predicted molar refractivity (Wildman–Crippen MR) is 88.9 cm³/mol. The van der Waals surface area contributed by atoms with Gasteiger partial charge in [0.15, 0.2) is 0 Å². The molecule has 0 rings (SSSR count). The summed E-state index contributed by atoms with van der Waals surface area (Å²) in [5.41, 5.74) is -0.373. The smallest absolute Gasteiger partial charge is 0.306 e. The van der Waals surface area contributed by atoms with Gasteiger partial charge in [0.2, 0.25) is 0 Å². The van der Waals surface area contributed by atoms with Crippen LogP contribution in [0.1, 0.15) is 97.8 Å². The Bertz CT molecular complexity index is 311. The first-order chi connectivity index (χ1) is 10.3. The fraction of sp³-hybridized carbons (Fsp3) is 0.889. The Hall–Kier alpha value is -0.320. The van der Waals surface area contributed by atoms with E-state index in [1.807, 2.05) is 20.8 Å². The third-order valence-electron chi connectivity index (χ3n) is 3.44. The van der Waals surface area contributed by atoms with Gasteiger partial charge in [-0.25, -0.2) is 0 Å². The number of ether oxygens (including phenoxy) is 1. The second-order valence-corrected chi connectivity index (χ2v) is 7.02. The molecule has 0 unspecified atom stereocenters. The summed E-state index contributed by atoms with van der Waals surface area (Å²) in [4.78, 5) is 21.8. The summed E-state index contributed by atoms with van der Waals surface area (Å²) in [5.74, 6) is -0.778. The first-order valence-electron chi connectivity index (χ1n) is 8.75. The molecular weight excluding hydrogens is 388 g/mol. The quantitative estimate of drug-likeness (QED) is 0.255. The number of carboxylic acids is 1. The minimum atomic E-state index is -0.689. The van der Waals surface area contributed by atoms with Crippen molar-refractivity contribution in [3.63, 3.8) is 0 Å². The third kappa shape index (κ3) is 21.7. The molecule has 141 valence electrons. The van der Waals surface area contributed by atoms with Gasteiger partial charge >= 0.3 is 11.9 Å². The van der Waals surface area contributed by atoms with Crippen molar-refractivity contribution in [3.05, 3.63) is 0 Å². The molecule has 0 aromatic carbocycles. The molecule has 0 aromatic rings. The first kappa shape index (κ1) is 24.9. The number of aliphatic carboxylic acids is 1. The summed E-state index contributed by atoms with van der Waals surface area (Å²) in [6.07, 6.45) is 11.9. The Kier molecular flexibility index (Phi) is 16.5. The molecule has 1 N–H and O–H groups in total. The number of hydrogen-bond acceptors (Lipinski definition) is 3. The molecule has 23 heavy (non-hydrogen) atoms. The van der Waals surface area contributed by atoms with Crippen LogP contribution in [0.3, 0.4) is 0 Å². The zero-order chi connectivity index (χ0) is 16.8. The summed E-state index contributed by atoms with van der Waals surface area (Å²) in [6, 6.07) is 0. The summed E-state index contributed by atoms with van der Waals surface area (Å²) in [6.45, 7) is 5.69. The van der Waals surface area contributed by atoms with Gasteiger partial charge in [0.25, 0.3) is 0 Å². The molecule has 5 heteroatoms. The van der Waals surface area contributed by atoms with Gasteiger partial charge in [0, 0.05) is 35.2 Å². The Morgan fingerprint density at radius 3 is 1.43 bits per heavy atom. The van der Waals surface area contributed by atoms with Crippen LogP contribution in [0.15, 0.2) is 0 Å². The summed E-state index contributed by atoms with van der Waals surface area (Å²) >= 11 is 0. The Morgan fingerprint density at radius 1 is 0.739 bits per heavy atom. The maximum atomic E-state index is 11.5. The number of carbonyl (C=O) groups excluding carboxylic acids is 1. The van der Waals surface area contributed by atoms with Crippen molar-refractivity contribution in [1.29, 1.82) is 0 Å². The summed E-state index contributed by atoms with van der Waals surface area (Å²) < 4.78 is 5.27. The van der Waals surface area contributed by atoms with Crippen molar-refractivity contribution in [1.82, 2.24) is 0 Å². The normalized spacial score (nSPS) is 10.9. The van der Waals surface area contributed by atoms with Crippen LogP contribution in [0.5, 0.6) is 0 Å². The van der Waals surface area contributed by atoms with E-state index in [4.69, 9.17) is 9.84 Å². The second-order valence-electron chi connectivity index (χ2n) is 7.02. The average molecular weight is 422 g/mol. The van der Waals surface area contributed by atoms with Gasteiger partial charge < -0.3 is 9.84 Å².